The number of nitrogens with zero attached hydrogens (tertiary/aromatic N) is 2. The summed E-state index contributed by atoms with van der Waals surface area (Å²) in [6.07, 6.45) is 0.802. The fourth-order valence-corrected chi connectivity index (χ4v) is 2.15. The Balaban J connectivity index is 1.96. The van der Waals surface area contributed by atoms with Crippen molar-refractivity contribution in [3.8, 4) is 0 Å². The molecule has 128 valence electrons. The van der Waals surface area contributed by atoms with Crippen LogP contribution in [0.25, 0.3) is 0 Å². The van der Waals surface area contributed by atoms with Crippen molar-refractivity contribution < 1.29 is 4.79 Å². The molecule has 5 nitrogen and oxygen atoms in total. The molecule has 1 aromatic carbocycles. The molecule has 0 spiro atoms. The molecule has 0 aliphatic rings. The van der Waals surface area contributed by atoms with E-state index in [4.69, 9.17) is 0 Å². The minimum Gasteiger partial charge on any atom is -0.350 e. The summed E-state index contributed by atoms with van der Waals surface area (Å²) in [7, 11) is 0. The minimum atomic E-state index is -0.361. The monoisotopic (exact) mass is 326 g/mol. The van der Waals surface area contributed by atoms with Crippen LogP contribution in [0.3, 0.4) is 0 Å². The van der Waals surface area contributed by atoms with Crippen LogP contribution in [0.1, 0.15) is 44.1 Å². The lowest BCUT2D eigenvalue weighted by Gasteiger charge is -2.21. The molecule has 5 heteroatoms. The Kier molecular flexibility index (Phi) is 5.54. The van der Waals surface area contributed by atoms with Crippen LogP contribution in [0, 0.1) is 19.3 Å². The van der Waals surface area contributed by atoms with Gasteiger partial charge in [0.15, 0.2) is 0 Å². The number of rotatable bonds is 6. The lowest BCUT2D eigenvalue weighted by Crippen LogP contribution is -2.29. The second kappa shape index (κ2) is 7.43. The highest BCUT2D eigenvalue weighted by Gasteiger charge is 2.25. The third-order valence-electron chi connectivity index (χ3n) is 4.14. The first-order valence-electron chi connectivity index (χ1n) is 8.27. The molecule has 0 bridgehead atoms. The van der Waals surface area contributed by atoms with Crippen LogP contribution in [0.15, 0.2) is 30.3 Å². The number of hydrogen-bond donors (Lipinski definition) is 2. The van der Waals surface area contributed by atoms with Crippen LogP contribution in [-0.2, 0) is 11.3 Å². The Morgan fingerprint density at radius 1 is 1.08 bits per heavy atom. The van der Waals surface area contributed by atoms with E-state index in [-0.39, 0.29) is 11.3 Å². The zero-order valence-corrected chi connectivity index (χ0v) is 15.1. The second-order valence-corrected chi connectivity index (χ2v) is 6.72. The quantitative estimate of drug-likeness (QED) is 0.839. The maximum Gasteiger partial charge on any atom is 0.230 e. The molecule has 1 heterocycles. The van der Waals surface area contributed by atoms with Gasteiger partial charge in [-0.2, -0.15) is 0 Å². The molecule has 2 aromatic rings. The van der Waals surface area contributed by atoms with Gasteiger partial charge in [0.1, 0.15) is 0 Å². The largest absolute Gasteiger partial charge is 0.350 e. The molecule has 24 heavy (non-hydrogen) atoms. The smallest absolute Gasteiger partial charge is 0.230 e. The summed E-state index contributed by atoms with van der Waals surface area (Å²) >= 11 is 0. The maximum absolute atomic E-state index is 12.2. The van der Waals surface area contributed by atoms with Crippen molar-refractivity contribution in [3.05, 3.63) is 47.3 Å². The third kappa shape index (κ3) is 4.78. The molecule has 0 atom stereocenters. The van der Waals surface area contributed by atoms with E-state index in [2.05, 4.69) is 20.6 Å². The molecule has 2 N–H and O–H groups in total. The van der Waals surface area contributed by atoms with Crippen molar-refractivity contribution in [2.75, 3.05) is 10.6 Å². The zero-order chi connectivity index (χ0) is 17.7. The van der Waals surface area contributed by atoms with Gasteiger partial charge >= 0.3 is 0 Å². The van der Waals surface area contributed by atoms with E-state index < -0.39 is 0 Å². The van der Waals surface area contributed by atoms with E-state index in [1.54, 1.807) is 0 Å². The number of aryl methyl sites for hydroxylation is 2. The SMILES string of the molecule is CCC(C)(C)C(=O)Nc1ccc(CNc2nc(C)cc(C)n2)cc1. The Morgan fingerprint density at radius 2 is 1.67 bits per heavy atom. The molecule has 1 aromatic heterocycles. The normalized spacial score (nSPS) is 11.2. The van der Waals surface area contributed by atoms with Gasteiger partial charge in [-0.3, -0.25) is 4.79 Å². The van der Waals surface area contributed by atoms with E-state index in [1.165, 1.54) is 0 Å². The van der Waals surface area contributed by atoms with Gasteiger partial charge in [0, 0.05) is 29.0 Å². The molecule has 0 aliphatic heterocycles. The van der Waals surface area contributed by atoms with Crippen LogP contribution in [0.5, 0.6) is 0 Å². The Labute approximate surface area is 143 Å². The van der Waals surface area contributed by atoms with Gasteiger partial charge in [0.2, 0.25) is 11.9 Å². The summed E-state index contributed by atoms with van der Waals surface area (Å²) in [5.74, 6) is 0.675. The number of carbonyl (C=O) groups excluding carboxylic acids is 1. The fourth-order valence-electron chi connectivity index (χ4n) is 2.15. The second-order valence-electron chi connectivity index (χ2n) is 6.72. The lowest BCUT2D eigenvalue weighted by atomic mass is 9.89. The van der Waals surface area contributed by atoms with Crippen LogP contribution < -0.4 is 10.6 Å². The van der Waals surface area contributed by atoms with Crippen LogP contribution in [-0.4, -0.2) is 15.9 Å². The summed E-state index contributed by atoms with van der Waals surface area (Å²) in [5.41, 5.74) is 3.45. The first-order chi connectivity index (χ1) is 11.3. The minimum absolute atomic E-state index is 0.0412. The molecule has 2 rings (SSSR count). The summed E-state index contributed by atoms with van der Waals surface area (Å²) in [6, 6.07) is 9.76. The number of anilines is 2. The van der Waals surface area contributed by atoms with E-state index >= 15 is 0 Å². The molecule has 0 unspecified atom stereocenters. The summed E-state index contributed by atoms with van der Waals surface area (Å²) in [6.45, 7) is 10.5. The van der Waals surface area contributed by atoms with E-state index in [0.717, 1.165) is 29.1 Å². The molecule has 0 saturated carbocycles. The Bertz CT molecular complexity index is 688. The number of carbonyl (C=O) groups is 1. The average molecular weight is 326 g/mol. The van der Waals surface area contributed by atoms with Crippen molar-refractivity contribution in [2.45, 2.75) is 47.6 Å². The van der Waals surface area contributed by atoms with E-state index in [9.17, 15) is 4.79 Å². The molecule has 0 fully saturated rings. The van der Waals surface area contributed by atoms with Crippen LogP contribution in [0.4, 0.5) is 11.6 Å². The average Bonchev–Trinajstić information content (AvgIpc) is 2.53. The summed E-state index contributed by atoms with van der Waals surface area (Å²) in [5, 5.41) is 6.19. The topological polar surface area (TPSA) is 66.9 Å². The predicted octanol–water partition coefficient (Wildman–Crippen LogP) is 4.08. The van der Waals surface area contributed by atoms with Crippen LogP contribution in [0.2, 0.25) is 0 Å². The number of aromatic nitrogens is 2. The molecule has 0 radical (unpaired) electrons. The van der Waals surface area contributed by atoms with Gasteiger partial charge in [-0.1, -0.05) is 32.9 Å². The zero-order valence-electron chi connectivity index (χ0n) is 15.1. The number of benzene rings is 1. The van der Waals surface area contributed by atoms with Gasteiger partial charge in [0.05, 0.1) is 0 Å². The Hall–Kier alpha value is -2.43. The van der Waals surface area contributed by atoms with Crippen molar-refractivity contribution in [1.29, 1.82) is 0 Å². The van der Waals surface area contributed by atoms with Crippen LogP contribution >= 0.6 is 0 Å². The standard InChI is InChI=1S/C19H26N4O/c1-6-19(4,5)17(24)23-16-9-7-15(8-10-16)12-20-18-21-13(2)11-14(3)22-18/h7-11H,6,12H2,1-5H3,(H,23,24)(H,20,21,22). The van der Waals surface area contributed by atoms with Gasteiger partial charge in [-0.25, -0.2) is 9.97 Å². The summed E-state index contributed by atoms with van der Waals surface area (Å²) < 4.78 is 0. The lowest BCUT2D eigenvalue weighted by molar-refractivity contribution is -0.124. The van der Waals surface area contributed by atoms with E-state index in [0.29, 0.717) is 12.5 Å². The highest BCUT2D eigenvalue weighted by molar-refractivity contribution is 5.94. The van der Waals surface area contributed by atoms with Crippen molar-refractivity contribution in [3.63, 3.8) is 0 Å². The van der Waals surface area contributed by atoms with Gasteiger partial charge in [0.25, 0.3) is 0 Å². The van der Waals surface area contributed by atoms with Crippen molar-refractivity contribution in [2.24, 2.45) is 5.41 Å². The molecular formula is C19H26N4O. The molecular weight excluding hydrogens is 300 g/mol. The highest BCUT2D eigenvalue weighted by atomic mass is 16.2. The maximum atomic E-state index is 12.2. The number of amides is 1. The van der Waals surface area contributed by atoms with Crippen molar-refractivity contribution >= 4 is 17.5 Å². The van der Waals surface area contributed by atoms with Gasteiger partial charge in [-0.05, 0) is 44.0 Å². The van der Waals surface area contributed by atoms with E-state index in [1.807, 2.05) is 65.0 Å². The van der Waals surface area contributed by atoms with Gasteiger partial charge in [-0.15, -0.1) is 0 Å². The van der Waals surface area contributed by atoms with Gasteiger partial charge < -0.3 is 10.6 Å². The first-order valence-corrected chi connectivity index (χ1v) is 8.27. The predicted molar refractivity (Wildman–Crippen MR) is 98.0 cm³/mol. The first kappa shape index (κ1) is 17.9. The molecule has 1 amide bonds. The summed E-state index contributed by atoms with van der Waals surface area (Å²) in [4.78, 5) is 20.9. The number of hydrogen-bond acceptors (Lipinski definition) is 4. The highest BCUT2D eigenvalue weighted by Crippen LogP contribution is 2.22. The van der Waals surface area contributed by atoms with Crippen molar-refractivity contribution in [1.82, 2.24) is 9.97 Å². The fraction of sp³-hybridized carbons (Fsp3) is 0.421. The number of nitrogens with one attached hydrogen (secondary N) is 2. The molecule has 0 saturated heterocycles. The molecule has 0 aliphatic carbocycles. The third-order valence-corrected chi connectivity index (χ3v) is 4.14. The Morgan fingerprint density at radius 3 is 2.21 bits per heavy atom.